The highest BCUT2D eigenvalue weighted by Crippen LogP contribution is 2.35. The van der Waals surface area contributed by atoms with Crippen molar-refractivity contribution in [3.63, 3.8) is 0 Å². The summed E-state index contributed by atoms with van der Waals surface area (Å²) in [5.74, 6) is 0.587. The highest BCUT2D eigenvalue weighted by Gasteiger charge is 2.31. The van der Waals surface area contributed by atoms with E-state index in [0.29, 0.717) is 45.1 Å². The van der Waals surface area contributed by atoms with Gasteiger partial charge in [-0.15, -0.1) is 0 Å². The Labute approximate surface area is 228 Å². The number of amides is 1. The lowest BCUT2D eigenvalue weighted by Gasteiger charge is -2.27. The smallest absolute Gasteiger partial charge is 0.282 e. The van der Waals surface area contributed by atoms with Crippen molar-refractivity contribution in [1.82, 2.24) is 24.5 Å². The first-order chi connectivity index (χ1) is 18.9. The van der Waals surface area contributed by atoms with Gasteiger partial charge in [0.25, 0.3) is 6.43 Å². The molecule has 1 unspecified atom stereocenters. The molecule has 0 aliphatic carbocycles. The van der Waals surface area contributed by atoms with Gasteiger partial charge in [-0.3, -0.25) is 9.48 Å². The van der Waals surface area contributed by atoms with Gasteiger partial charge in [0.05, 0.1) is 31.5 Å². The molecule has 39 heavy (non-hydrogen) atoms. The molecule has 1 aromatic carbocycles. The van der Waals surface area contributed by atoms with Gasteiger partial charge in [-0.05, 0) is 30.4 Å². The molecule has 1 amide bonds. The van der Waals surface area contributed by atoms with Crippen LogP contribution in [0.2, 0.25) is 0 Å². The van der Waals surface area contributed by atoms with E-state index in [2.05, 4.69) is 10.4 Å². The van der Waals surface area contributed by atoms with Crippen LogP contribution in [0.25, 0.3) is 11.1 Å². The van der Waals surface area contributed by atoms with Crippen molar-refractivity contribution in [2.24, 2.45) is 0 Å². The van der Waals surface area contributed by atoms with Crippen LogP contribution >= 0.6 is 11.8 Å². The first-order valence-corrected chi connectivity index (χ1v) is 14.2. The van der Waals surface area contributed by atoms with Crippen molar-refractivity contribution in [1.29, 1.82) is 0 Å². The molecule has 9 nitrogen and oxygen atoms in total. The predicted molar refractivity (Wildman–Crippen MR) is 142 cm³/mol. The maximum absolute atomic E-state index is 15.4. The van der Waals surface area contributed by atoms with E-state index in [1.807, 2.05) is 10.9 Å². The maximum Gasteiger partial charge on any atom is 0.282 e. The van der Waals surface area contributed by atoms with E-state index in [1.165, 1.54) is 29.9 Å². The average Bonchev–Trinajstić information content (AvgIpc) is 3.67. The van der Waals surface area contributed by atoms with E-state index in [-0.39, 0.29) is 35.5 Å². The topological polar surface area (TPSA) is 86.4 Å². The summed E-state index contributed by atoms with van der Waals surface area (Å²) in [6.45, 7) is 4.18. The molecule has 2 aromatic heterocycles. The highest BCUT2D eigenvalue weighted by molar-refractivity contribution is 7.98. The van der Waals surface area contributed by atoms with E-state index in [9.17, 15) is 13.6 Å². The van der Waals surface area contributed by atoms with Gasteiger partial charge in [0.1, 0.15) is 18.2 Å². The molecule has 2 aliphatic rings. The molecule has 0 spiro atoms. The zero-order valence-corrected chi connectivity index (χ0v) is 22.6. The minimum Gasteiger partial charge on any atom is -0.379 e. The normalized spacial score (nSPS) is 17.2. The summed E-state index contributed by atoms with van der Waals surface area (Å²) >= 11 is 1.62. The van der Waals surface area contributed by atoms with Crippen molar-refractivity contribution in [2.75, 3.05) is 43.7 Å². The van der Waals surface area contributed by atoms with Crippen LogP contribution in [0.15, 0.2) is 24.4 Å². The molecule has 3 aromatic rings. The molecule has 1 fully saturated rings. The van der Waals surface area contributed by atoms with Crippen LogP contribution < -0.4 is 5.32 Å². The molecule has 1 saturated heterocycles. The first kappa shape index (κ1) is 27.5. The molecule has 1 atom stereocenters. The summed E-state index contributed by atoms with van der Waals surface area (Å²) in [6.07, 6.45) is 2.04. The lowest BCUT2D eigenvalue weighted by Crippen LogP contribution is -2.35. The summed E-state index contributed by atoms with van der Waals surface area (Å²) < 4.78 is 57.1. The van der Waals surface area contributed by atoms with Crippen LogP contribution in [0.3, 0.4) is 0 Å². The second-order valence-corrected chi connectivity index (χ2v) is 10.5. The summed E-state index contributed by atoms with van der Waals surface area (Å²) in [7, 11) is 0. The van der Waals surface area contributed by atoms with Gasteiger partial charge in [-0.2, -0.15) is 22.0 Å². The van der Waals surface area contributed by atoms with E-state index in [4.69, 9.17) is 14.6 Å². The molecule has 5 rings (SSSR count). The number of nitrogens with zero attached hydrogens (tertiary/aromatic N) is 5. The van der Waals surface area contributed by atoms with Crippen molar-refractivity contribution in [2.45, 2.75) is 45.5 Å². The maximum atomic E-state index is 15.4. The number of rotatable bonds is 10. The third-order valence-corrected chi connectivity index (χ3v) is 7.54. The Hall–Kier alpha value is -3.03. The van der Waals surface area contributed by atoms with Crippen LogP contribution in [0.5, 0.6) is 0 Å². The molecule has 0 radical (unpaired) electrons. The van der Waals surface area contributed by atoms with Gasteiger partial charge in [0.15, 0.2) is 5.82 Å². The molecule has 2 aliphatic heterocycles. The number of benzene rings is 1. The number of alkyl halides is 2. The first-order valence-electron chi connectivity index (χ1n) is 12.8. The number of thioether (sulfide) groups is 1. The Morgan fingerprint density at radius 2 is 2.18 bits per heavy atom. The second kappa shape index (κ2) is 12.0. The number of nitrogens with one attached hydrogen (secondary N) is 1. The molecular formula is C26H31F3N6O3S. The van der Waals surface area contributed by atoms with E-state index in [1.54, 1.807) is 22.7 Å². The van der Waals surface area contributed by atoms with Gasteiger partial charge < -0.3 is 19.7 Å². The lowest BCUT2D eigenvalue weighted by molar-refractivity contribution is -0.129. The number of halogens is 3. The van der Waals surface area contributed by atoms with Gasteiger partial charge >= 0.3 is 0 Å². The molecular weight excluding hydrogens is 533 g/mol. The number of ether oxygens (including phenoxy) is 2. The van der Waals surface area contributed by atoms with Crippen molar-refractivity contribution < 1.29 is 27.4 Å². The second-order valence-electron chi connectivity index (χ2n) is 9.54. The Morgan fingerprint density at radius 1 is 1.33 bits per heavy atom. The van der Waals surface area contributed by atoms with Crippen LogP contribution in [0.4, 0.5) is 24.7 Å². The van der Waals surface area contributed by atoms with Gasteiger partial charge in [0, 0.05) is 55.3 Å². The Morgan fingerprint density at radius 3 is 2.87 bits per heavy atom. The molecule has 0 saturated carbocycles. The third-order valence-electron chi connectivity index (χ3n) is 6.97. The summed E-state index contributed by atoms with van der Waals surface area (Å²) in [6, 6.07) is 4.37. The van der Waals surface area contributed by atoms with Gasteiger partial charge in [-0.1, -0.05) is 6.07 Å². The molecule has 13 heteroatoms. The Balaban J connectivity index is 1.41. The molecule has 210 valence electrons. The van der Waals surface area contributed by atoms with E-state index in [0.717, 1.165) is 23.4 Å². The fourth-order valence-corrected chi connectivity index (χ4v) is 5.21. The predicted octanol–water partition coefficient (Wildman–Crippen LogP) is 4.77. The van der Waals surface area contributed by atoms with Crippen LogP contribution in [-0.4, -0.2) is 68.7 Å². The minimum atomic E-state index is -2.83. The average molecular weight is 565 g/mol. The molecule has 4 heterocycles. The number of aromatic nitrogens is 4. The standard InChI is InChI=1S/C26H31F3N6O3S/c1-16(36)33-7-5-23-20(12-33)26(32-35(23)18-6-8-37-14-18)30-22-4-3-17(11-21(22)27)19-13-34(15-38-9-10-39-2)31-24(19)25(28)29/h3-4,11,13,18,25H,5-10,12,14-15H2,1-2H3,(H,30,32). The quantitative estimate of drug-likeness (QED) is 0.355. The zero-order chi connectivity index (χ0) is 27.5. The fourth-order valence-electron chi connectivity index (χ4n) is 4.93. The van der Waals surface area contributed by atoms with Crippen molar-refractivity contribution in [3.05, 3.63) is 47.2 Å². The van der Waals surface area contributed by atoms with E-state index >= 15 is 4.39 Å². The third kappa shape index (κ3) is 5.94. The van der Waals surface area contributed by atoms with Crippen LogP contribution in [0.1, 0.15) is 42.8 Å². The number of carbonyl (C=O) groups excluding carboxylic acids is 1. The number of hydrogen-bond donors (Lipinski definition) is 1. The molecule has 0 bridgehead atoms. The number of carbonyl (C=O) groups is 1. The highest BCUT2D eigenvalue weighted by atomic mass is 32.2. The van der Waals surface area contributed by atoms with Crippen LogP contribution in [0, 0.1) is 5.82 Å². The number of hydrogen-bond acceptors (Lipinski definition) is 7. The Kier molecular flexibility index (Phi) is 8.48. The van der Waals surface area contributed by atoms with Crippen molar-refractivity contribution in [3.8, 4) is 11.1 Å². The summed E-state index contributed by atoms with van der Waals surface area (Å²) in [5.41, 5.74) is 2.00. The number of anilines is 2. The molecule has 1 N–H and O–H groups in total. The zero-order valence-electron chi connectivity index (χ0n) is 21.8. The van der Waals surface area contributed by atoms with Crippen molar-refractivity contribution >= 4 is 29.2 Å². The largest absolute Gasteiger partial charge is 0.379 e. The van der Waals surface area contributed by atoms with Gasteiger partial charge in [-0.25, -0.2) is 17.9 Å². The monoisotopic (exact) mass is 564 g/mol. The lowest BCUT2D eigenvalue weighted by atomic mass is 10.0. The fraction of sp³-hybridized carbons (Fsp3) is 0.500. The SMILES string of the molecule is CSCCOCn1cc(-c2ccc(Nc3nn(C4CCOC4)c4c3CN(C(C)=O)CC4)c(F)c2)c(C(F)F)n1. The number of fused-ring (bicyclic) bond motifs is 1. The van der Waals surface area contributed by atoms with Crippen LogP contribution in [-0.2, 0) is 34.0 Å². The van der Waals surface area contributed by atoms with Gasteiger partial charge in [0.2, 0.25) is 5.91 Å². The summed E-state index contributed by atoms with van der Waals surface area (Å²) in [4.78, 5) is 13.8. The Bertz CT molecular complexity index is 1320. The van der Waals surface area contributed by atoms with E-state index < -0.39 is 17.9 Å². The summed E-state index contributed by atoms with van der Waals surface area (Å²) in [5, 5.41) is 11.8. The minimum absolute atomic E-state index is 0.0273.